The summed E-state index contributed by atoms with van der Waals surface area (Å²) in [7, 11) is 0. The van der Waals surface area contributed by atoms with Crippen molar-refractivity contribution in [1.82, 2.24) is 15.1 Å². The highest BCUT2D eigenvalue weighted by molar-refractivity contribution is 5.91. The zero-order valence-electron chi connectivity index (χ0n) is 20.3. The Kier molecular flexibility index (Phi) is 6.89. The number of nitrogens with one attached hydrogen (secondary N) is 1. The maximum absolute atomic E-state index is 13.0. The van der Waals surface area contributed by atoms with Crippen LogP contribution in [0.15, 0.2) is 77.4 Å². The van der Waals surface area contributed by atoms with Crippen LogP contribution in [0.3, 0.4) is 0 Å². The van der Waals surface area contributed by atoms with Gasteiger partial charge in [0, 0.05) is 44.6 Å². The summed E-state index contributed by atoms with van der Waals surface area (Å²) in [6, 6.07) is 22.1. The molecular weight excluding hydrogens is 454 g/mol. The summed E-state index contributed by atoms with van der Waals surface area (Å²) in [4.78, 5) is 41.2. The second-order valence-electron chi connectivity index (χ2n) is 9.72. The second-order valence-corrected chi connectivity index (χ2v) is 9.72. The zero-order valence-corrected chi connectivity index (χ0v) is 20.3. The van der Waals surface area contributed by atoms with Crippen molar-refractivity contribution >= 4 is 17.7 Å². The first-order valence-corrected chi connectivity index (χ1v) is 12.6. The minimum absolute atomic E-state index is 0.0495. The second kappa shape index (κ2) is 10.4. The molecule has 186 valence electrons. The fourth-order valence-electron chi connectivity index (χ4n) is 5.24. The van der Waals surface area contributed by atoms with Gasteiger partial charge in [0.05, 0.1) is 6.26 Å². The zero-order chi connectivity index (χ0) is 25.0. The number of furan rings is 1. The number of nitrogens with zero attached hydrogens (tertiary/aromatic N) is 2. The third-order valence-electron chi connectivity index (χ3n) is 7.31. The van der Waals surface area contributed by atoms with Crippen LogP contribution >= 0.6 is 0 Å². The van der Waals surface area contributed by atoms with E-state index in [1.165, 1.54) is 11.8 Å². The third kappa shape index (κ3) is 5.35. The molecule has 0 aliphatic carbocycles. The van der Waals surface area contributed by atoms with Crippen LogP contribution in [-0.2, 0) is 16.0 Å². The van der Waals surface area contributed by atoms with E-state index in [9.17, 15) is 14.4 Å². The van der Waals surface area contributed by atoms with Crippen molar-refractivity contribution in [2.45, 2.75) is 37.6 Å². The van der Waals surface area contributed by atoms with E-state index >= 15 is 0 Å². The molecule has 3 heterocycles. The lowest BCUT2D eigenvalue weighted by Gasteiger charge is -2.35. The fraction of sp³-hybridized carbons (Fsp3) is 0.345. The van der Waals surface area contributed by atoms with Gasteiger partial charge in [0.2, 0.25) is 11.8 Å². The Morgan fingerprint density at radius 1 is 0.861 bits per heavy atom. The molecule has 7 nitrogen and oxygen atoms in total. The van der Waals surface area contributed by atoms with E-state index < -0.39 is 5.54 Å². The van der Waals surface area contributed by atoms with Gasteiger partial charge in [0.25, 0.3) is 5.91 Å². The van der Waals surface area contributed by atoms with Crippen LogP contribution in [-0.4, -0.2) is 59.2 Å². The maximum atomic E-state index is 13.0. The molecule has 1 aromatic heterocycles. The Morgan fingerprint density at radius 3 is 2.19 bits per heavy atom. The molecular formula is C29H31N3O4. The van der Waals surface area contributed by atoms with Gasteiger partial charge in [-0.25, -0.2) is 0 Å². The van der Waals surface area contributed by atoms with E-state index in [1.807, 2.05) is 23.1 Å². The molecule has 1 atom stereocenters. The van der Waals surface area contributed by atoms with Gasteiger partial charge in [0.15, 0.2) is 5.76 Å². The van der Waals surface area contributed by atoms with Gasteiger partial charge >= 0.3 is 0 Å². The molecule has 0 spiro atoms. The highest BCUT2D eigenvalue weighted by atomic mass is 16.3. The average molecular weight is 486 g/mol. The Bertz CT molecular complexity index is 1200. The summed E-state index contributed by atoms with van der Waals surface area (Å²) in [6.45, 7) is 1.99. The van der Waals surface area contributed by atoms with E-state index in [4.69, 9.17) is 4.42 Å². The summed E-state index contributed by atoms with van der Waals surface area (Å²) in [5, 5.41) is 3.19. The Labute approximate surface area is 211 Å². The molecule has 2 saturated heterocycles. The fourth-order valence-corrected chi connectivity index (χ4v) is 5.24. The lowest BCUT2D eigenvalue weighted by Crippen LogP contribution is -2.51. The molecule has 1 N–H and O–H groups in total. The minimum Gasteiger partial charge on any atom is -0.459 e. The SMILES string of the molecule is O=C1CC[C@](CCC(=O)N2CCN(C(=O)c3ccco3)CC2)(Cc2ccc(-c3ccccc3)cc2)N1. The van der Waals surface area contributed by atoms with Gasteiger partial charge in [-0.1, -0.05) is 54.6 Å². The molecule has 0 saturated carbocycles. The van der Waals surface area contributed by atoms with E-state index in [2.05, 4.69) is 41.7 Å². The molecule has 0 bridgehead atoms. The molecule has 3 aromatic rings. The highest BCUT2D eigenvalue weighted by Crippen LogP contribution is 2.31. The first-order valence-electron chi connectivity index (χ1n) is 12.6. The quantitative estimate of drug-likeness (QED) is 0.550. The van der Waals surface area contributed by atoms with E-state index in [1.54, 1.807) is 17.0 Å². The van der Waals surface area contributed by atoms with Crippen LogP contribution in [0.1, 0.15) is 41.8 Å². The van der Waals surface area contributed by atoms with E-state index in [-0.39, 0.29) is 17.7 Å². The van der Waals surface area contributed by atoms with Gasteiger partial charge in [-0.05, 0) is 48.1 Å². The highest BCUT2D eigenvalue weighted by Gasteiger charge is 2.38. The molecule has 0 unspecified atom stereocenters. The predicted octanol–water partition coefficient (Wildman–Crippen LogP) is 3.90. The maximum Gasteiger partial charge on any atom is 0.289 e. The molecule has 0 radical (unpaired) electrons. The minimum atomic E-state index is -0.405. The molecule has 2 aromatic carbocycles. The number of piperazine rings is 1. The van der Waals surface area contributed by atoms with Crippen LogP contribution < -0.4 is 5.32 Å². The van der Waals surface area contributed by atoms with Crippen molar-refractivity contribution < 1.29 is 18.8 Å². The predicted molar refractivity (Wildman–Crippen MR) is 136 cm³/mol. The summed E-state index contributed by atoms with van der Waals surface area (Å²) in [5.41, 5.74) is 3.07. The molecule has 7 heteroatoms. The first kappa shape index (κ1) is 23.9. The van der Waals surface area contributed by atoms with E-state index in [0.29, 0.717) is 57.6 Å². The van der Waals surface area contributed by atoms with Gasteiger partial charge in [0.1, 0.15) is 0 Å². The van der Waals surface area contributed by atoms with Crippen LogP contribution in [0.5, 0.6) is 0 Å². The number of rotatable bonds is 7. The number of hydrogen-bond donors (Lipinski definition) is 1. The average Bonchev–Trinajstić information content (AvgIpc) is 3.59. The van der Waals surface area contributed by atoms with Gasteiger partial charge in [-0.2, -0.15) is 0 Å². The van der Waals surface area contributed by atoms with Crippen molar-refractivity contribution in [1.29, 1.82) is 0 Å². The number of carbonyl (C=O) groups is 3. The monoisotopic (exact) mass is 485 g/mol. The van der Waals surface area contributed by atoms with Crippen LogP contribution in [0.25, 0.3) is 11.1 Å². The molecule has 3 amide bonds. The summed E-state index contributed by atoms with van der Waals surface area (Å²) < 4.78 is 5.21. The number of hydrogen-bond acceptors (Lipinski definition) is 4. The van der Waals surface area contributed by atoms with Crippen molar-refractivity contribution in [3.8, 4) is 11.1 Å². The number of carbonyl (C=O) groups excluding carboxylic acids is 3. The van der Waals surface area contributed by atoms with Crippen molar-refractivity contribution in [3.05, 3.63) is 84.3 Å². The van der Waals surface area contributed by atoms with Crippen molar-refractivity contribution in [2.75, 3.05) is 26.2 Å². The third-order valence-corrected chi connectivity index (χ3v) is 7.31. The topological polar surface area (TPSA) is 82.9 Å². The molecule has 5 rings (SSSR count). The Hall–Kier alpha value is -3.87. The summed E-state index contributed by atoms with van der Waals surface area (Å²) in [6.07, 6.45) is 4.38. The first-order chi connectivity index (χ1) is 17.5. The van der Waals surface area contributed by atoms with Crippen molar-refractivity contribution in [2.24, 2.45) is 0 Å². The van der Waals surface area contributed by atoms with Gasteiger partial charge < -0.3 is 19.5 Å². The summed E-state index contributed by atoms with van der Waals surface area (Å²) >= 11 is 0. The van der Waals surface area contributed by atoms with Gasteiger partial charge in [-0.3, -0.25) is 14.4 Å². The molecule has 2 aliphatic rings. The van der Waals surface area contributed by atoms with E-state index in [0.717, 1.165) is 17.5 Å². The van der Waals surface area contributed by atoms with Gasteiger partial charge in [-0.15, -0.1) is 0 Å². The van der Waals surface area contributed by atoms with Crippen molar-refractivity contribution in [3.63, 3.8) is 0 Å². The standard InChI is InChI=1S/C29H31N3O4/c33-26-12-14-29(30-26,21-22-8-10-24(11-9-22)23-5-2-1-3-6-23)15-13-27(34)31-16-18-32(19-17-31)28(35)25-7-4-20-36-25/h1-11,20H,12-19,21H2,(H,30,33)/t29-/m0/s1. The van der Waals surface area contributed by atoms with Crippen LogP contribution in [0.2, 0.25) is 0 Å². The smallest absolute Gasteiger partial charge is 0.289 e. The number of benzene rings is 2. The lowest BCUT2D eigenvalue weighted by atomic mass is 9.84. The number of amides is 3. The summed E-state index contributed by atoms with van der Waals surface area (Å²) in [5.74, 6) is 0.303. The Balaban J connectivity index is 1.17. The Morgan fingerprint density at radius 2 is 1.56 bits per heavy atom. The largest absolute Gasteiger partial charge is 0.459 e. The molecule has 2 fully saturated rings. The normalized spacial score (nSPS) is 19.8. The molecule has 2 aliphatic heterocycles. The van der Waals surface area contributed by atoms with Crippen LogP contribution in [0.4, 0.5) is 0 Å². The van der Waals surface area contributed by atoms with Crippen LogP contribution in [0, 0.1) is 0 Å². The molecule has 36 heavy (non-hydrogen) atoms. The lowest BCUT2D eigenvalue weighted by molar-refractivity contribution is -0.133.